The molecule has 4 aromatic rings. The normalized spacial score (nSPS) is 11.9. The molecule has 0 saturated heterocycles. The van der Waals surface area contributed by atoms with E-state index in [1.54, 1.807) is 24.3 Å². The van der Waals surface area contributed by atoms with E-state index < -0.39 is 15.0 Å². The number of nitrogens with zero attached hydrogens (tertiary/aromatic N) is 1. The molecule has 0 aliphatic heterocycles. The summed E-state index contributed by atoms with van der Waals surface area (Å²) in [4.78, 5) is 3.98. The second kappa shape index (κ2) is 7.34. The van der Waals surface area contributed by atoms with Crippen molar-refractivity contribution in [3.8, 4) is 0 Å². The van der Waals surface area contributed by atoms with Crippen molar-refractivity contribution in [2.45, 2.75) is 4.90 Å². The van der Waals surface area contributed by atoms with E-state index in [2.05, 4.69) is 4.98 Å². The molecule has 0 aliphatic carbocycles. The molecular formula is C19H12NNaO4S. The Morgan fingerprint density at radius 3 is 2.38 bits per heavy atom. The summed E-state index contributed by atoms with van der Waals surface area (Å²) in [6.45, 7) is 0. The molecule has 0 fully saturated rings. The van der Waals surface area contributed by atoms with Crippen LogP contribution in [0, 0.1) is 0 Å². The molecular weight excluding hydrogens is 361 g/mol. The van der Waals surface area contributed by atoms with Crippen molar-refractivity contribution in [2.24, 2.45) is 0 Å². The molecule has 0 unspecified atom stereocenters. The number of fused-ring (bicyclic) bond motifs is 3. The van der Waals surface area contributed by atoms with Crippen LogP contribution in [0.1, 0.15) is 11.5 Å². The Bertz CT molecular complexity index is 1210. The van der Waals surface area contributed by atoms with Crippen LogP contribution < -0.4 is 29.6 Å². The van der Waals surface area contributed by atoms with Crippen LogP contribution in [0.15, 0.2) is 70.0 Å². The standard InChI is InChI=1S/C19H13NO4S.Na/c21-25(22,23)16-12-14-8-4-5-9-15(14)18-19(16)24-17(20-18)11-10-13-6-2-1-3-7-13;/h1-12H,(H,21,22,23);/q;+1/p-1. The first-order chi connectivity index (χ1) is 12.0. The number of oxazole rings is 1. The molecule has 1 aromatic heterocycles. The third-order valence-electron chi connectivity index (χ3n) is 3.86. The van der Waals surface area contributed by atoms with E-state index >= 15 is 0 Å². The van der Waals surface area contributed by atoms with Gasteiger partial charge in [-0.1, -0.05) is 54.6 Å². The fourth-order valence-corrected chi connectivity index (χ4v) is 3.36. The molecule has 7 heteroatoms. The summed E-state index contributed by atoms with van der Waals surface area (Å²) in [6.07, 6.45) is 3.45. The van der Waals surface area contributed by atoms with Crippen molar-refractivity contribution >= 4 is 44.1 Å². The first-order valence-corrected chi connectivity index (χ1v) is 8.94. The van der Waals surface area contributed by atoms with Gasteiger partial charge in [-0.25, -0.2) is 13.4 Å². The molecule has 4 rings (SSSR count). The van der Waals surface area contributed by atoms with Crippen molar-refractivity contribution in [1.29, 1.82) is 0 Å². The Morgan fingerprint density at radius 1 is 0.962 bits per heavy atom. The molecule has 0 atom stereocenters. The van der Waals surface area contributed by atoms with Crippen LogP contribution in [-0.2, 0) is 10.1 Å². The Hall–Kier alpha value is -1.96. The van der Waals surface area contributed by atoms with E-state index in [1.807, 2.05) is 42.5 Å². The summed E-state index contributed by atoms with van der Waals surface area (Å²) < 4.78 is 40.4. The maximum absolute atomic E-state index is 11.6. The minimum Gasteiger partial charge on any atom is -0.744 e. The topological polar surface area (TPSA) is 83.2 Å². The van der Waals surface area contributed by atoms with Gasteiger partial charge in [0.15, 0.2) is 5.58 Å². The van der Waals surface area contributed by atoms with Gasteiger partial charge in [-0.15, -0.1) is 0 Å². The van der Waals surface area contributed by atoms with Gasteiger partial charge in [0.1, 0.15) is 15.6 Å². The summed E-state index contributed by atoms with van der Waals surface area (Å²) in [7, 11) is -4.68. The van der Waals surface area contributed by atoms with Gasteiger partial charge in [0, 0.05) is 11.5 Å². The molecule has 1 heterocycles. The van der Waals surface area contributed by atoms with Gasteiger partial charge in [0.25, 0.3) is 0 Å². The van der Waals surface area contributed by atoms with Crippen LogP contribution in [-0.4, -0.2) is 18.0 Å². The quantitative estimate of drug-likeness (QED) is 0.396. The average molecular weight is 373 g/mol. The van der Waals surface area contributed by atoms with Crippen LogP contribution in [0.3, 0.4) is 0 Å². The molecule has 3 aromatic carbocycles. The molecule has 0 amide bonds. The largest absolute Gasteiger partial charge is 1.00 e. The SMILES string of the molecule is O=S(=O)([O-])c1cc2ccccc2c2nc(C=Cc3ccccc3)oc12.[Na+]. The minimum absolute atomic E-state index is 0. The van der Waals surface area contributed by atoms with E-state index in [1.165, 1.54) is 6.07 Å². The van der Waals surface area contributed by atoms with Gasteiger partial charge < -0.3 is 8.97 Å². The monoisotopic (exact) mass is 373 g/mol. The van der Waals surface area contributed by atoms with E-state index in [-0.39, 0.29) is 41.0 Å². The fraction of sp³-hybridized carbons (Fsp3) is 0. The van der Waals surface area contributed by atoms with Crippen molar-refractivity contribution in [3.05, 3.63) is 72.1 Å². The fourth-order valence-electron chi connectivity index (χ4n) is 2.72. The van der Waals surface area contributed by atoms with Crippen molar-refractivity contribution in [3.63, 3.8) is 0 Å². The summed E-state index contributed by atoms with van der Waals surface area (Å²) in [5, 5.41) is 1.35. The average Bonchev–Trinajstić information content (AvgIpc) is 3.03. The van der Waals surface area contributed by atoms with Gasteiger partial charge >= 0.3 is 29.6 Å². The zero-order valence-electron chi connectivity index (χ0n) is 13.9. The Morgan fingerprint density at radius 2 is 1.65 bits per heavy atom. The molecule has 0 aliphatic rings. The van der Waals surface area contributed by atoms with Gasteiger partial charge in [0.05, 0.1) is 4.90 Å². The van der Waals surface area contributed by atoms with Gasteiger partial charge in [-0.2, -0.15) is 0 Å². The van der Waals surface area contributed by atoms with Gasteiger partial charge in [0.2, 0.25) is 5.89 Å². The van der Waals surface area contributed by atoms with Crippen LogP contribution in [0.2, 0.25) is 0 Å². The molecule has 5 nitrogen and oxygen atoms in total. The molecule has 0 radical (unpaired) electrons. The number of hydrogen-bond donors (Lipinski definition) is 0. The zero-order valence-corrected chi connectivity index (χ0v) is 16.7. The van der Waals surface area contributed by atoms with Crippen molar-refractivity contribution in [1.82, 2.24) is 4.98 Å². The van der Waals surface area contributed by atoms with Crippen LogP contribution >= 0.6 is 0 Å². The molecule has 0 spiro atoms. The van der Waals surface area contributed by atoms with E-state index in [0.29, 0.717) is 10.9 Å². The third kappa shape index (κ3) is 3.60. The molecule has 124 valence electrons. The Labute approximate surface area is 172 Å². The molecule has 0 N–H and O–H groups in total. The number of benzene rings is 3. The molecule has 0 bridgehead atoms. The summed E-state index contributed by atoms with van der Waals surface area (Å²) in [5.41, 5.74) is 1.30. The maximum atomic E-state index is 11.6. The van der Waals surface area contributed by atoms with Crippen LogP contribution in [0.4, 0.5) is 0 Å². The first-order valence-electron chi connectivity index (χ1n) is 7.54. The van der Waals surface area contributed by atoms with E-state index in [9.17, 15) is 13.0 Å². The van der Waals surface area contributed by atoms with Crippen LogP contribution in [0.5, 0.6) is 0 Å². The third-order valence-corrected chi connectivity index (χ3v) is 4.70. The summed E-state index contributed by atoms with van der Waals surface area (Å²) >= 11 is 0. The Kier molecular flexibility index (Phi) is 5.32. The first kappa shape index (κ1) is 18.8. The molecule has 0 saturated carbocycles. The summed E-state index contributed by atoms with van der Waals surface area (Å²) in [6, 6.07) is 18.0. The minimum atomic E-state index is -4.68. The predicted octanol–water partition coefficient (Wildman–Crippen LogP) is 1.06. The predicted molar refractivity (Wildman–Crippen MR) is 94.8 cm³/mol. The van der Waals surface area contributed by atoms with Crippen LogP contribution in [0.25, 0.3) is 34.0 Å². The second-order valence-electron chi connectivity index (χ2n) is 5.52. The van der Waals surface area contributed by atoms with Gasteiger partial charge in [-0.05, 0) is 23.1 Å². The zero-order chi connectivity index (χ0) is 17.4. The molecule has 26 heavy (non-hydrogen) atoms. The summed E-state index contributed by atoms with van der Waals surface area (Å²) in [5.74, 6) is 0.236. The van der Waals surface area contributed by atoms with Crippen molar-refractivity contribution < 1.29 is 46.9 Å². The van der Waals surface area contributed by atoms with E-state index in [4.69, 9.17) is 4.42 Å². The number of hydrogen-bond acceptors (Lipinski definition) is 5. The Balaban J connectivity index is 0.00000196. The van der Waals surface area contributed by atoms with Crippen molar-refractivity contribution in [2.75, 3.05) is 0 Å². The van der Waals surface area contributed by atoms with Gasteiger partial charge in [-0.3, -0.25) is 0 Å². The number of aromatic nitrogens is 1. The number of rotatable bonds is 3. The van der Waals surface area contributed by atoms with E-state index in [0.717, 1.165) is 10.9 Å². The maximum Gasteiger partial charge on any atom is 1.00 e. The second-order valence-corrected chi connectivity index (χ2v) is 6.87. The smallest absolute Gasteiger partial charge is 0.744 e.